The highest BCUT2D eigenvalue weighted by atomic mass is 19.1. The Morgan fingerprint density at radius 2 is 1.63 bits per heavy atom. The van der Waals surface area contributed by atoms with Crippen molar-refractivity contribution >= 4 is 24.6 Å². The molecule has 0 amide bonds. The molecule has 0 radical (unpaired) electrons. The van der Waals surface area contributed by atoms with Crippen LogP contribution in [0, 0.1) is 28.9 Å². The second-order valence-electron chi connectivity index (χ2n) is 13.9. The van der Waals surface area contributed by atoms with Gasteiger partial charge in [-0.05, 0) is 129 Å². The first-order chi connectivity index (χ1) is 19.2. The maximum Gasteiger partial charge on any atom is 0.494 e. The summed E-state index contributed by atoms with van der Waals surface area (Å²) < 4.78 is 44.3. The van der Waals surface area contributed by atoms with Crippen molar-refractivity contribution in [1.82, 2.24) is 0 Å². The van der Waals surface area contributed by atoms with Crippen LogP contribution < -0.4 is 5.46 Å². The Kier molecular flexibility index (Phi) is 6.79. The van der Waals surface area contributed by atoms with Gasteiger partial charge in [0.1, 0.15) is 11.6 Å². The number of hydrogen-bond acceptors (Lipinski definition) is 4. The average Bonchev–Trinajstić information content (AvgIpc) is 3.31. The summed E-state index contributed by atoms with van der Waals surface area (Å²) in [5.74, 6) is -2.68. The number of carboxylic acids is 1. The Morgan fingerprint density at radius 3 is 2.27 bits per heavy atom. The minimum absolute atomic E-state index is 0.0227. The van der Waals surface area contributed by atoms with Crippen LogP contribution in [0.2, 0.25) is 0 Å². The standard InChI is InChI=1S/C33H39BF2O5/c1-31(2)32(3,4)41-34(40-31)20-7-8-21-19(16-20)17-23(29-22(21)12-13-33(5)24(29)9-10-27(33)37)30-25(35)14-18(15-26(30)36)6-11-28(38)39/h6-8,11,14-16,22-24,27,29,37H,9-10,12-13,17H2,1-5H3,(H,38,39)/b11-6+/t22-,23+,24+,27+,29+,33+/m1/s1. The predicted octanol–water partition coefficient (Wildman–Crippen LogP) is 5.97. The zero-order chi connectivity index (χ0) is 29.5. The highest BCUT2D eigenvalue weighted by Gasteiger charge is 2.58. The fourth-order valence-corrected chi connectivity index (χ4v) is 8.27. The Hall–Kier alpha value is -2.55. The van der Waals surface area contributed by atoms with E-state index in [1.165, 1.54) is 23.8 Å². The van der Waals surface area contributed by atoms with E-state index in [-0.39, 0.29) is 34.3 Å². The molecule has 41 heavy (non-hydrogen) atoms. The van der Waals surface area contributed by atoms with Crippen LogP contribution in [0.25, 0.3) is 6.08 Å². The molecule has 1 aliphatic heterocycles. The summed E-state index contributed by atoms with van der Waals surface area (Å²) in [5, 5.41) is 20.0. The van der Waals surface area contributed by atoms with E-state index in [2.05, 4.69) is 25.1 Å². The summed E-state index contributed by atoms with van der Waals surface area (Å²) in [7, 11) is -0.533. The first-order valence-corrected chi connectivity index (χ1v) is 14.8. The van der Waals surface area contributed by atoms with Gasteiger partial charge in [0.25, 0.3) is 0 Å². The summed E-state index contributed by atoms with van der Waals surface area (Å²) in [4.78, 5) is 11.0. The maximum atomic E-state index is 15.9. The van der Waals surface area contributed by atoms with Crippen molar-refractivity contribution in [3.05, 3.63) is 70.3 Å². The van der Waals surface area contributed by atoms with Crippen molar-refractivity contribution in [3.63, 3.8) is 0 Å². The number of carboxylic acid groups (broad SMARTS) is 1. The van der Waals surface area contributed by atoms with Gasteiger partial charge in [0.15, 0.2) is 0 Å². The number of carbonyl (C=O) groups is 1. The van der Waals surface area contributed by atoms with E-state index >= 15 is 8.78 Å². The Labute approximate surface area is 241 Å². The number of aliphatic carboxylic acids is 1. The summed E-state index contributed by atoms with van der Waals surface area (Å²) in [6, 6.07) is 8.78. The molecule has 6 rings (SSSR count). The van der Waals surface area contributed by atoms with Gasteiger partial charge in [-0.15, -0.1) is 0 Å². The molecular weight excluding hydrogens is 525 g/mol. The molecule has 1 heterocycles. The van der Waals surface area contributed by atoms with E-state index < -0.39 is 47.9 Å². The number of benzene rings is 2. The van der Waals surface area contributed by atoms with Crippen molar-refractivity contribution < 1.29 is 33.1 Å². The third kappa shape index (κ3) is 4.57. The molecule has 3 fully saturated rings. The van der Waals surface area contributed by atoms with Crippen molar-refractivity contribution in [2.24, 2.45) is 17.3 Å². The van der Waals surface area contributed by atoms with Crippen LogP contribution >= 0.6 is 0 Å². The van der Waals surface area contributed by atoms with E-state index in [1.807, 2.05) is 27.7 Å². The van der Waals surface area contributed by atoms with Gasteiger partial charge >= 0.3 is 13.1 Å². The molecule has 5 nitrogen and oxygen atoms in total. The molecule has 4 aliphatic rings. The minimum Gasteiger partial charge on any atom is -0.478 e. The molecule has 8 heteroatoms. The fraction of sp³-hybridized carbons (Fsp3) is 0.545. The Bertz CT molecular complexity index is 1380. The highest BCUT2D eigenvalue weighted by molar-refractivity contribution is 6.62. The molecule has 2 saturated carbocycles. The lowest BCUT2D eigenvalue weighted by Crippen LogP contribution is -2.47. The third-order valence-electron chi connectivity index (χ3n) is 11.2. The Morgan fingerprint density at radius 1 is 0.976 bits per heavy atom. The van der Waals surface area contributed by atoms with Crippen LogP contribution in [-0.4, -0.2) is 40.6 Å². The number of hydrogen-bond donors (Lipinski definition) is 2. The predicted molar refractivity (Wildman–Crippen MR) is 154 cm³/mol. The monoisotopic (exact) mass is 564 g/mol. The average molecular weight is 564 g/mol. The molecule has 6 atom stereocenters. The van der Waals surface area contributed by atoms with E-state index in [0.29, 0.717) is 12.8 Å². The van der Waals surface area contributed by atoms with Gasteiger partial charge in [0.05, 0.1) is 17.3 Å². The largest absolute Gasteiger partial charge is 0.494 e. The summed E-state index contributed by atoms with van der Waals surface area (Å²) in [6.07, 6.45) is 5.38. The number of aliphatic hydroxyl groups is 1. The summed E-state index contributed by atoms with van der Waals surface area (Å²) in [5.41, 5.74) is 2.15. The van der Waals surface area contributed by atoms with Crippen molar-refractivity contribution in [2.75, 3.05) is 0 Å². The van der Waals surface area contributed by atoms with Gasteiger partial charge in [-0.3, -0.25) is 0 Å². The van der Waals surface area contributed by atoms with Crippen molar-refractivity contribution in [3.8, 4) is 0 Å². The molecule has 3 aliphatic carbocycles. The van der Waals surface area contributed by atoms with Gasteiger partial charge in [0.2, 0.25) is 0 Å². The van der Waals surface area contributed by atoms with Gasteiger partial charge in [-0.1, -0.05) is 25.1 Å². The van der Waals surface area contributed by atoms with Crippen molar-refractivity contribution in [1.29, 1.82) is 0 Å². The lowest BCUT2D eigenvalue weighted by molar-refractivity contribution is -0.131. The molecule has 2 aromatic carbocycles. The third-order valence-corrected chi connectivity index (χ3v) is 11.2. The first-order valence-electron chi connectivity index (χ1n) is 14.8. The second kappa shape index (κ2) is 9.75. The van der Waals surface area contributed by atoms with E-state index in [1.54, 1.807) is 0 Å². The van der Waals surface area contributed by atoms with Crippen LogP contribution in [0.1, 0.15) is 94.4 Å². The quantitative estimate of drug-likeness (QED) is 0.354. The first kappa shape index (κ1) is 28.6. The molecule has 0 bridgehead atoms. The van der Waals surface area contributed by atoms with Gasteiger partial charge in [-0.2, -0.15) is 0 Å². The molecule has 218 valence electrons. The van der Waals surface area contributed by atoms with Gasteiger partial charge in [-0.25, -0.2) is 13.6 Å². The van der Waals surface area contributed by atoms with Gasteiger partial charge in [0, 0.05) is 11.6 Å². The summed E-state index contributed by atoms with van der Waals surface area (Å²) >= 11 is 0. The molecule has 1 saturated heterocycles. The molecular formula is C33H39BF2O5. The second-order valence-corrected chi connectivity index (χ2v) is 13.9. The smallest absolute Gasteiger partial charge is 0.478 e. The molecule has 2 N–H and O–H groups in total. The van der Waals surface area contributed by atoms with E-state index in [4.69, 9.17) is 14.4 Å². The lowest BCUT2D eigenvalue weighted by atomic mass is 9.51. The number of halogens is 2. The van der Waals surface area contributed by atoms with E-state index in [0.717, 1.165) is 36.4 Å². The number of rotatable bonds is 4. The number of aliphatic hydroxyl groups excluding tert-OH is 1. The topological polar surface area (TPSA) is 76.0 Å². The van der Waals surface area contributed by atoms with Crippen LogP contribution in [0.4, 0.5) is 8.78 Å². The fourth-order valence-electron chi connectivity index (χ4n) is 8.27. The van der Waals surface area contributed by atoms with Crippen molar-refractivity contribution in [2.45, 2.75) is 95.9 Å². The van der Waals surface area contributed by atoms with Gasteiger partial charge < -0.3 is 19.5 Å². The normalized spacial score (nSPS) is 33.5. The highest BCUT2D eigenvalue weighted by Crippen LogP contribution is 2.64. The molecule has 2 aromatic rings. The molecule has 0 spiro atoms. The minimum atomic E-state index is -1.18. The van der Waals surface area contributed by atoms with Crippen LogP contribution in [0.3, 0.4) is 0 Å². The van der Waals surface area contributed by atoms with Crippen LogP contribution in [0.15, 0.2) is 36.4 Å². The zero-order valence-corrected chi connectivity index (χ0v) is 24.4. The van der Waals surface area contributed by atoms with Crippen LogP contribution in [-0.2, 0) is 20.5 Å². The molecule has 0 unspecified atom stereocenters. The number of fused-ring (bicyclic) bond motifs is 5. The lowest BCUT2D eigenvalue weighted by Gasteiger charge is -2.53. The SMILES string of the molecule is CC1(C)OB(c2ccc3c(c2)C[C@H](c2c(F)cc(/C=C/C(=O)O)cc2F)[C@@H]2[C@@H]3CC[C@]3(C)[C@@H](O)CC[C@@H]23)OC1(C)C. The Balaban J connectivity index is 1.44. The molecule has 0 aromatic heterocycles. The maximum absolute atomic E-state index is 15.9. The van der Waals surface area contributed by atoms with Crippen LogP contribution in [0.5, 0.6) is 0 Å². The van der Waals surface area contributed by atoms with E-state index in [9.17, 15) is 9.90 Å². The zero-order valence-electron chi connectivity index (χ0n) is 24.4. The summed E-state index contributed by atoms with van der Waals surface area (Å²) in [6.45, 7) is 10.2.